The van der Waals surface area contributed by atoms with Gasteiger partial charge >= 0.3 is 0 Å². The topological polar surface area (TPSA) is 87.1 Å². The highest BCUT2D eigenvalue weighted by Gasteiger charge is 2.29. The number of hydrogen-bond donors (Lipinski definition) is 2. The largest absolute Gasteiger partial charge is 0.423 e. The summed E-state index contributed by atoms with van der Waals surface area (Å²) < 4.78 is 19.0. The van der Waals surface area contributed by atoms with Gasteiger partial charge in [-0.1, -0.05) is 12.1 Å². The van der Waals surface area contributed by atoms with Gasteiger partial charge in [-0.05, 0) is 55.3 Å². The number of aromatic nitrogens is 3. The number of H-pyrrole nitrogens is 1. The molecule has 2 aromatic carbocycles. The van der Waals surface area contributed by atoms with Gasteiger partial charge in [0.2, 0.25) is 0 Å². The normalized spacial score (nSPS) is 16.3. The second-order valence-electron chi connectivity index (χ2n) is 7.34. The van der Waals surface area contributed by atoms with Gasteiger partial charge < -0.3 is 14.6 Å². The molecule has 1 aliphatic rings. The number of fused-ring (bicyclic) bond motifs is 1. The predicted octanol–water partition coefficient (Wildman–Crippen LogP) is 3.76. The first-order valence-electron chi connectivity index (χ1n) is 9.89. The van der Waals surface area contributed by atoms with Gasteiger partial charge in [0, 0.05) is 18.7 Å². The Balaban J connectivity index is 1.25. The molecule has 3 heterocycles. The molecule has 30 heavy (non-hydrogen) atoms. The quantitative estimate of drug-likeness (QED) is 0.528. The zero-order chi connectivity index (χ0) is 20.5. The van der Waals surface area contributed by atoms with E-state index < -0.39 is 0 Å². The number of oxazole rings is 1. The molecule has 152 valence electrons. The third-order valence-electron chi connectivity index (χ3n) is 5.37. The summed E-state index contributed by atoms with van der Waals surface area (Å²) in [4.78, 5) is 19.3. The Labute approximate surface area is 171 Å². The van der Waals surface area contributed by atoms with E-state index in [2.05, 4.69) is 25.4 Å². The van der Waals surface area contributed by atoms with Crippen LogP contribution in [0.25, 0.3) is 22.4 Å². The number of benzene rings is 2. The fourth-order valence-electron chi connectivity index (χ4n) is 3.79. The Morgan fingerprint density at radius 1 is 1.23 bits per heavy atom. The molecule has 1 aliphatic heterocycles. The number of rotatable bonds is 5. The number of anilines is 1. The third kappa shape index (κ3) is 3.52. The molecule has 1 unspecified atom stereocenters. The molecule has 2 aromatic heterocycles. The van der Waals surface area contributed by atoms with Crippen LogP contribution in [0.15, 0.2) is 59.0 Å². The summed E-state index contributed by atoms with van der Waals surface area (Å²) in [6.45, 7) is 1.31. The second-order valence-corrected chi connectivity index (χ2v) is 7.34. The van der Waals surface area contributed by atoms with Crippen LogP contribution in [0.3, 0.4) is 0 Å². The van der Waals surface area contributed by atoms with Crippen molar-refractivity contribution >= 4 is 23.0 Å². The molecule has 1 saturated heterocycles. The lowest BCUT2D eigenvalue weighted by Gasteiger charge is -2.22. The van der Waals surface area contributed by atoms with Crippen LogP contribution in [0.5, 0.6) is 0 Å². The minimum Gasteiger partial charge on any atom is -0.423 e. The van der Waals surface area contributed by atoms with E-state index in [1.807, 2.05) is 24.3 Å². The summed E-state index contributed by atoms with van der Waals surface area (Å²) in [6, 6.07) is 16.0. The van der Waals surface area contributed by atoms with Crippen LogP contribution in [0, 0.1) is 5.82 Å². The number of halogens is 1. The SMILES string of the molecule is O=C(NCC1CCCN1c1nc2ccccc2o1)c1cc(-c2ccc(F)cc2)n[nH]1. The Hall–Kier alpha value is -3.68. The van der Waals surface area contributed by atoms with Crippen molar-refractivity contribution in [3.63, 3.8) is 0 Å². The summed E-state index contributed by atoms with van der Waals surface area (Å²) in [7, 11) is 0. The van der Waals surface area contributed by atoms with Crippen LogP contribution < -0.4 is 10.2 Å². The van der Waals surface area contributed by atoms with E-state index in [-0.39, 0.29) is 17.8 Å². The zero-order valence-corrected chi connectivity index (χ0v) is 16.1. The molecular formula is C22H20FN5O2. The first kappa shape index (κ1) is 18.4. The highest BCUT2D eigenvalue weighted by Crippen LogP contribution is 2.28. The highest BCUT2D eigenvalue weighted by molar-refractivity contribution is 5.93. The van der Waals surface area contributed by atoms with Gasteiger partial charge in [0.05, 0.1) is 11.7 Å². The highest BCUT2D eigenvalue weighted by atomic mass is 19.1. The molecule has 0 spiro atoms. The zero-order valence-electron chi connectivity index (χ0n) is 16.1. The van der Waals surface area contributed by atoms with Crippen molar-refractivity contribution in [2.45, 2.75) is 18.9 Å². The maximum atomic E-state index is 13.1. The fraction of sp³-hybridized carbons (Fsp3) is 0.227. The molecule has 5 rings (SSSR count). The number of carbonyl (C=O) groups excluding carboxylic acids is 1. The first-order valence-corrected chi connectivity index (χ1v) is 9.89. The number of amides is 1. The average molecular weight is 405 g/mol. The van der Waals surface area contributed by atoms with Crippen molar-refractivity contribution in [1.82, 2.24) is 20.5 Å². The van der Waals surface area contributed by atoms with Gasteiger partial charge in [-0.25, -0.2) is 4.39 Å². The van der Waals surface area contributed by atoms with Gasteiger partial charge in [0.15, 0.2) is 5.58 Å². The molecule has 1 fully saturated rings. The van der Waals surface area contributed by atoms with Gasteiger partial charge in [-0.2, -0.15) is 10.1 Å². The van der Waals surface area contributed by atoms with E-state index in [0.717, 1.165) is 36.0 Å². The lowest BCUT2D eigenvalue weighted by molar-refractivity contribution is 0.0946. The Morgan fingerprint density at radius 3 is 2.90 bits per heavy atom. The fourth-order valence-corrected chi connectivity index (χ4v) is 3.79. The van der Waals surface area contributed by atoms with Gasteiger partial charge in [0.1, 0.15) is 17.0 Å². The molecule has 0 bridgehead atoms. The predicted molar refractivity (Wildman–Crippen MR) is 111 cm³/mol. The first-order chi connectivity index (χ1) is 14.7. The standard InChI is InChI=1S/C22H20FN5O2/c23-15-9-7-14(8-10-15)18-12-19(27-26-18)21(29)24-13-16-4-3-11-28(16)22-25-17-5-1-2-6-20(17)30-22/h1-2,5-10,12,16H,3-4,11,13H2,(H,24,29)(H,26,27). The van der Waals surface area contributed by atoms with Crippen LogP contribution in [-0.2, 0) is 0 Å². The summed E-state index contributed by atoms with van der Waals surface area (Å²) in [6.07, 6.45) is 1.96. The molecule has 7 nitrogen and oxygen atoms in total. The van der Waals surface area contributed by atoms with Crippen molar-refractivity contribution in [3.8, 4) is 11.3 Å². The van der Waals surface area contributed by atoms with Crippen LogP contribution in [0.2, 0.25) is 0 Å². The molecule has 0 aliphatic carbocycles. The smallest absolute Gasteiger partial charge is 0.298 e. The Bertz CT molecular complexity index is 1150. The van der Waals surface area contributed by atoms with E-state index in [4.69, 9.17) is 4.42 Å². The average Bonchev–Trinajstić information content (AvgIpc) is 3.51. The summed E-state index contributed by atoms with van der Waals surface area (Å²) in [5, 5.41) is 9.88. The van der Waals surface area contributed by atoms with Gasteiger partial charge in [-0.3, -0.25) is 9.89 Å². The number of nitrogens with zero attached hydrogens (tertiary/aromatic N) is 3. The summed E-state index contributed by atoms with van der Waals surface area (Å²) in [5.74, 6) is -0.549. The number of hydrogen-bond acceptors (Lipinski definition) is 5. The van der Waals surface area contributed by atoms with Crippen LogP contribution in [0.1, 0.15) is 23.3 Å². The molecule has 2 N–H and O–H groups in total. The monoisotopic (exact) mass is 405 g/mol. The van der Waals surface area contributed by atoms with E-state index >= 15 is 0 Å². The third-order valence-corrected chi connectivity index (χ3v) is 5.37. The Morgan fingerprint density at radius 2 is 2.07 bits per heavy atom. The summed E-state index contributed by atoms with van der Waals surface area (Å²) >= 11 is 0. The summed E-state index contributed by atoms with van der Waals surface area (Å²) in [5.41, 5.74) is 3.28. The maximum Gasteiger partial charge on any atom is 0.298 e. The second kappa shape index (κ2) is 7.62. The molecule has 1 amide bonds. The van der Waals surface area contributed by atoms with Crippen LogP contribution in [-0.4, -0.2) is 40.2 Å². The lowest BCUT2D eigenvalue weighted by atomic mass is 10.1. The number of nitrogens with one attached hydrogen (secondary N) is 2. The molecule has 1 atom stereocenters. The number of aromatic amines is 1. The van der Waals surface area contributed by atoms with E-state index in [1.165, 1.54) is 12.1 Å². The van der Waals surface area contributed by atoms with E-state index in [9.17, 15) is 9.18 Å². The Kier molecular flexibility index (Phi) is 4.66. The van der Waals surface area contributed by atoms with Crippen molar-refractivity contribution in [2.24, 2.45) is 0 Å². The van der Waals surface area contributed by atoms with E-state index in [1.54, 1.807) is 18.2 Å². The van der Waals surface area contributed by atoms with Crippen molar-refractivity contribution in [3.05, 3.63) is 66.1 Å². The minimum atomic E-state index is -0.313. The number of para-hydroxylation sites is 2. The van der Waals surface area contributed by atoms with Crippen molar-refractivity contribution in [2.75, 3.05) is 18.0 Å². The molecule has 8 heteroatoms. The van der Waals surface area contributed by atoms with Crippen LogP contribution >= 0.6 is 0 Å². The molecule has 0 saturated carbocycles. The van der Waals surface area contributed by atoms with Crippen LogP contribution in [0.4, 0.5) is 10.4 Å². The van der Waals surface area contributed by atoms with Gasteiger partial charge in [-0.15, -0.1) is 0 Å². The molecule has 4 aromatic rings. The van der Waals surface area contributed by atoms with Gasteiger partial charge in [0.25, 0.3) is 11.9 Å². The molecule has 0 radical (unpaired) electrons. The minimum absolute atomic E-state index is 0.113. The molecular weight excluding hydrogens is 385 g/mol. The van der Waals surface area contributed by atoms with Crippen molar-refractivity contribution < 1.29 is 13.6 Å². The lowest BCUT2D eigenvalue weighted by Crippen LogP contribution is -2.40. The number of carbonyl (C=O) groups is 1. The maximum absolute atomic E-state index is 13.1. The van der Waals surface area contributed by atoms with Crippen molar-refractivity contribution in [1.29, 1.82) is 0 Å². The van der Waals surface area contributed by atoms with E-state index in [0.29, 0.717) is 23.9 Å².